The lowest BCUT2D eigenvalue weighted by Gasteiger charge is -1.99. The zero-order valence-corrected chi connectivity index (χ0v) is 9.94. The Morgan fingerprint density at radius 1 is 1.24 bits per heavy atom. The minimum atomic E-state index is 0.351. The Bertz CT molecular complexity index is 503. The Labute approximate surface area is 104 Å². The fourth-order valence-corrected chi connectivity index (χ4v) is 2.10. The van der Waals surface area contributed by atoms with Crippen LogP contribution >= 0.6 is 11.6 Å². The van der Waals surface area contributed by atoms with Gasteiger partial charge in [0.25, 0.3) is 0 Å². The number of nitrogens with one attached hydrogen (secondary N) is 1. The van der Waals surface area contributed by atoms with E-state index in [1.54, 1.807) is 0 Å². The molecule has 2 aromatic rings. The monoisotopic (exact) mass is 249 g/mol. The Kier molecular flexibility index (Phi) is 2.82. The molecule has 1 aliphatic heterocycles. The van der Waals surface area contributed by atoms with Crippen LogP contribution in [0.25, 0.3) is 11.5 Å². The van der Waals surface area contributed by atoms with E-state index in [1.165, 1.54) is 0 Å². The molecule has 3 rings (SSSR count). The van der Waals surface area contributed by atoms with Crippen LogP contribution in [-0.2, 0) is 0 Å². The molecule has 0 spiro atoms. The van der Waals surface area contributed by atoms with Crippen molar-refractivity contribution in [1.82, 2.24) is 15.5 Å². The second-order valence-corrected chi connectivity index (χ2v) is 4.58. The van der Waals surface area contributed by atoms with Crippen molar-refractivity contribution in [3.8, 4) is 11.5 Å². The van der Waals surface area contributed by atoms with Gasteiger partial charge in [-0.1, -0.05) is 11.6 Å². The van der Waals surface area contributed by atoms with Crippen LogP contribution in [-0.4, -0.2) is 23.3 Å². The van der Waals surface area contributed by atoms with Crippen molar-refractivity contribution < 1.29 is 4.42 Å². The number of nitrogens with zero attached hydrogens (tertiary/aromatic N) is 2. The van der Waals surface area contributed by atoms with Crippen LogP contribution < -0.4 is 5.32 Å². The average Bonchev–Trinajstić information content (AvgIpc) is 3.00. The lowest BCUT2D eigenvalue weighted by Crippen LogP contribution is -2.08. The summed E-state index contributed by atoms with van der Waals surface area (Å²) in [5.41, 5.74) is 0.902. The number of halogens is 1. The molecule has 0 saturated carbocycles. The number of benzene rings is 1. The standard InChI is InChI=1S/C12H12ClN3O/c13-10-3-1-8(2-4-10)11-15-16-12(17-11)9-5-6-14-7-9/h1-4,9,14H,5-7H2. The van der Waals surface area contributed by atoms with E-state index in [0.717, 1.165) is 31.0 Å². The van der Waals surface area contributed by atoms with Gasteiger partial charge in [0.1, 0.15) is 0 Å². The Morgan fingerprint density at radius 2 is 2.06 bits per heavy atom. The molecule has 0 radical (unpaired) electrons. The summed E-state index contributed by atoms with van der Waals surface area (Å²) in [5, 5.41) is 12.2. The average molecular weight is 250 g/mol. The highest BCUT2D eigenvalue weighted by atomic mass is 35.5. The summed E-state index contributed by atoms with van der Waals surface area (Å²) in [4.78, 5) is 0. The lowest BCUT2D eigenvalue weighted by atomic mass is 10.1. The van der Waals surface area contributed by atoms with Crippen molar-refractivity contribution in [3.05, 3.63) is 35.2 Å². The van der Waals surface area contributed by atoms with Gasteiger partial charge in [0, 0.05) is 17.1 Å². The molecule has 0 aliphatic carbocycles. The first kappa shape index (κ1) is 10.7. The fraction of sp³-hybridized carbons (Fsp3) is 0.333. The molecule has 1 aromatic carbocycles. The van der Waals surface area contributed by atoms with Crippen molar-refractivity contribution in [2.24, 2.45) is 0 Å². The minimum Gasteiger partial charge on any atom is -0.420 e. The van der Waals surface area contributed by atoms with E-state index < -0.39 is 0 Å². The molecule has 1 aromatic heterocycles. The van der Waals surface area contributed by atoms with E-state index >= 15 is 0 Å². The third kappa shape index (κ3) is 2.18. The van der Waals surface area contributed by atoms with Gasteiger partial charge in [0.05, 0.1) is 5.92 Å². The molecule has 1 N–H and O–H groups in total. The van der Waals surface area contributed by atoms with E-state index in [1.807, 2.05) is 24.3 Å². The molecule has 1 aliphatic rings. The van der Waals surface area contributed by atoms with E-state index in [2.05, 4.69) is 15.5 Å². The van der Waals surface area contributed by atoms with E-state index in [4.69, 9.17) is 16.0 Å². The number of aromatic nitrogens is 2. The largest absolute Gasteiger partial charge is 0.420 e. The van der Waals surface area contributed by atoms with Gasteiger partial charge in [-0.05, 0) is 37.2 Å². The van der Waals surface area contributed by atoms with Crippen LogP contribution in [0.3, 0.4) is 0 Å². The highest BCUT2D eigenvalue weighted by Crippen LogP contribution is 2.25. The van der Waals surface area contributed by atoms with Crippen molar-refractivity contribution in [3.63, 3.8) is 0 Å². The molecule has 4 nitrogen and oxygen atoms in total. The predicted molar refractivity (Wildman–Crippen MR) is 65.0 cm³/mol. The van der Waals surface area contributed by atoms with Crippen LogP contribution in [0.2, 0.25) is 5.02 Å². The van der Waals surface area contributed by atoms with Gasteiger partial charge in [-0.15, -0.1) is 10.2 Å². The second-order valence-electron chi connectivity index (χ2n) is 4.14. The Morgan fingerprint density at radius 3 is 2.76 bits per heavy atom. The summed E-state index contributed by atoms with van der Waals surface area (Å²) in [6, 6.07) is 7.40. The van der Waals surface area contributed by atoms with Crippen molar-refractivity contribution in [2.45, 2.75) is 12.3 Å². The summed E-state index contributed by atoms with van der Waals surface area (Å²) in [6.45, 7) is 1.94. The summed E-state index contributed by atoms with van der Waals surface area (Å²) in [6.07, 6.45) is 1.06. The molecule has 5 heteroatoms. The number of hydrogen-bond acceptors (Lipinski definition) is 4. The quantitative estimate of drug-likeness (QED) is 0.888. The van der Waals surface area contributed by atoms with Crippen LogP contribution in [0.1, 0.15) is 18.2 Å². The molecule has 1 atom stereocenters. The topological polar surface area (TPSA) is 51.0 Å². The minimum absolute atomic E-state index is 0.351. The molecule has 1 unspecified atom stereocenters. The molecule has 0 bridgehead atoms. The molecule has 1 saturated heterocycles. The highest BCUT2D eigenvalue weighted by molar-refractivity contribution is 6.30. The van der Waals surface area contributed by atoms with Crippen LogP contribution in [0.5, 0.6) is 0 Å². The van der Waals surface area contributed by atoms with Gasteiger partial charge in [-0.3, -0.25) is 0 Å². The van der Waals surface area contributed by atoms with E-state index in [9.17, 15) is 0 Å². The van der Waals surface area contributed by atoms with Gasteiger partial charge in [-0.25, -0.2) is 0 Å². The SMILES string of the molecule is Clc1ccc(-c2nnc(C3CCNC3)o2)cc1. The maximum Gasteiger partial charge on any atom is 0.247 e. The third-order valence-electron chi connectivity index (χ3n) is 2.94. The maximum atomic E-state index is 5.83. The van der Waals surface area contributed by atoms with E-state index in [0.29, 0.717) is 16.8 Å². The Hall–Kier alpha value is -1.39. The van der Waals surface area contributed by atoms with Gasteiger partial charge >= 0.3 is 0 Å². The zero-order chi connectivity index (χ0) is 11.7. The molecule has 1 fully saturated rings. The van der Waals surface area contributed by atoms with Crippen LogP contribution in [0.15, 0.2) is 28.7 Å². The van der Waals surface area contributed by atoms with Gasteiger partial charge in [-0.2, -0.15) is 0 Å². The first-order valence-corrected chi connectivity index (χ1v) is 6.01. The molecular weight excluding hydrogens is 238 g/mol. The number of hydrogen-bond donors (Lipinski definition) is 1. The molecule has 0 amide bonds. The van der Waals surface area contributed by atoms with Gasteiger partial charge < -0.3 is 9.73 Å². The molecule has 2 heterocycles. The van der Waals surface area contributed by atoms with Crippen molar-refractivity contribution in [1.29, 1.82) is 0 Å². The van der Waals surface area contributed by atoms with Crippen LogP contribution in [0, 0.1) is 0 Å². The summed E-state index contributed by atoms with van der Waals surface area (Å²) in [7, 11) is 0. The van der Waals surface area contributed by atoms with Crippen molar-refractivity contribution >= 4 is 11.6 Å². The first-order valence-electron chi connectivity index (χ1n) is 5.63. The molecular formula is C12H12ClN3O. The summed E-state index contributed by atoms with van der Waals surface area (Å²) in [5.74, 6) is 1.63. The highest BCUT2D eigenvalue weighted by Gasteiger charge is 2.22. The lowest BCUT2D eigenvalue weighted by molar-refractivity contribution is 0.467. The maximum absolute atomic E-state index is 5.83. The van der Waals surface area contributed by atoms with Gasteiger partial charge in [0.15, 0.2) is 0 Å². The summed E-state index contributed by atoms with van der Waals surface area (Å²) < 4.78 is 5.69. The van der Waals surface area contributed by atoms with Crippen molar-refractivity contribution in [2.75, 3.05) is 13.1 Å². The van der Waals surface area contributed by atoms with E-state index in [-0.39, 0.29) is 0 Å². The normalized spacial score (nSPS) is 19.7. The third-order valence-corrected chi connectivity index (χ3v) is 3.19. The smallest absolute Gasteiger partial charge is 0.247 e. The van der Waals surface area contributed by atoms with Gasteiger partial charge in [0.2, 0.25) is 11.8 Å². The summed E-state index contributed by atoms with van der Waals surface area (Å²) >= 11 is 5.83. The fourth-order valence-electron chi connectivity index (χ4n) is 1.97. The second kappa shape index (κ2) is 4.47. The van der Waals surface area contributed by atoms with Crippen LogP contribution in [0.4, 0.5) is 0 Å². The molecule has 17 heavy (non-hydrogen) atoms. The molecule has 88 valence electrons. The predicted octanol–water partition coefficient (Wildman–Crippen LogP) is 2.47. The first-order chi connectivity index (χ1) is 8.33. The Balaban J connectivity index is 1.86. The zero-order valence-electron chi connectivity index (χ0n) is 9.19. The number of rotatable bonds is 2.